The number of benzene rings is 2. The lowest BCUT2D eigenvalue weighted by Crippen LogP contribution is -2.50. The van der Waals surface area contributed by atoms with Crippen molar-refractivity contribution >= 4 is 5.97 Å². The molecule has 1 aliphatic heterocycles. The molecule has 0 bridgehead atoms. The van der Waals surface area contributed by atoms with Crippen LogP contribution >= 0.6 is 0 Å². The van der Waals surface area contributed by atoms with E-state index in [1.807, 2.05) is 36.4 Å². The van der Waals surface area contributed by atoms with Gasteiger partial charge in [0.25, 0.3) is 0 Å². The summed E-state index contributed by atoms with van der Waals surface area (Å²) in [6.07, 6.45) is 0.287. The number of methoxy groups -OCH3 is 1. The van der Waals surface area contributed by atoms with E-state index < -0.39 is 0 Å². The lowest BCUT2D eigenvalue weighted by Gasteiger charge is -2.27. The zero-order valence-corrected chi connectivity index (χ0v) is 11.8. The lowest BCUT2D eigenvalue weighted by atomic mass is 10.0. The highest BCUT2D eigenvalue weighted by Crippen LogP contribution is 2.23. The van der Waals surface area contributed by atoms with Gasteiger partial charge in [0.2, 0.25) is 0 Å². The van der Waals surface area contributed by atoms with Gasteiger partial charge < -0.3 is 14.8 Å². The summed E-state index contributed by atoms with van der Waals surface area (Å²) in [4.78, 5) is 11.4. The van der Waals surface area contributed by atoms with Gasteiger partial charge in [0.1, 0.15) is 11.9 Å². The minimum atomic E-state index is -0.320. The van der Waals surface area contributed by atoms with Crippen molar-refractivity contribution in [3.05, 3.63) is 54.1 Å². The predicted octanol–water partition coefficient (Wildman–Crippen LogP) is 2.49. The zero-order chi connectivity index (χ0) is 14.7. The molecule has 0 radical (unpaired) electrons. The number of carbonyl (C=O) groups is 1. The third-order valence-corrected chi connectivity index (χ3v) is 3.54. The Morgan fingerprint density at radius 3 is 2.05 bits per heavy atom. The maximum Gasteiger partial charge on any atom is 0.337 e. The van der Waals surface area contributed by atoms with Crippen LogP contribution in [-0.4, -0.2) is 32.3 Å². The zero-order valence-electron chi connectivity index (χ0n) is 11.8. The van der Waals surface area contributed by atoms with Gasteiger partial charge in [-0.1, -0.05) is 24.3 Å². The molecule has 1 saturated heterocycles. The number of hydrogen-bond donors (Lipinski definition) is 1. The average molecular weight is 283 g/mol. The van der Waals surface area contributed by atoms with Crippen LogP contribution in [0.25, 0.3) is 11.1 Å². The summed E-state index contributed by atoms with van der Waals surface area (Å²) in [6.45, 7) is 1.83. The Balaban J connectivity index is 1.72. The molecule has 0 saturated carbocycles. The predicted molar refractivity (Wildman–Crippen MR) is 80.5 cm³/mol. The minimum absolute atomic E-state index is 0.287. The fourth-order valence-corrected chi connectivity index (χ4v) is 2.18. The van der Waals surface area contributed by atoms with Crippen LogP contribution in [0.4, 0.5) is 0 Å². The molecule has 0 aromatic heterocycles. The van der Waals surface area contributed by atoms with Crippen molar-refractivity contribution in [1.82, 2.24) is 5.32 Å². The Labute approximate surface area is 123 Å². The maximum atomic E-state index is 11.4. The molecule has 4 heteroatoms. The summed E-state index contributed by atoms with van der Waals surface area (Å²) in [5, 5.41) is 3.18. The first-order valence-corrected chi connectivity index (χ1v) is 6.92. The first-order chi connectivity index (χ1) is 10.3. The lowest BCUT2D eigenvalue weighted by molar-refractivity contribution is 0.0601. The maximum absolute atomic E-state index is 11.4. The standard InChI is InChI=1S/C17H17NO3/c1-20-17(19)14-4-2-12(3-5-14)13-6-8-15(9-7-13)21-16-10-18-11-16/h2-9,16,18H,10-11H2,1H3. The number of rotatable bonds is 4. The summed E-state index contributed by atoms with van der Waals surface area (Å²) < 4.78 is 10.5. The van der Waals surface area contributed by atoms with Crippen LogP contribution in [0.5, 0.6) is 5.75 Å². The highest BCUT2D eigenvalue weighted by molar-refractivity contribution is 5.89. The van der Waals surface area contributed by atoms with Crippen molar-refractivity contribution in [2.45, 2.75) is 6.10 Å². The quantitative estimate of drug-likeness (QED) is 0.876. The van der Waals surface area contributed by atoms with Crippen molar-refractivity contribution in [3.63, 3.8) is 0 Å². The molecule has 21 heavy (non-hydrogen) atoms. The van der Waals surface area contributed by atoms with Crippen molar-refractivity contribution in [3.8, 4) is 16.9 Å². The third-order valence-electron chi connectivity index (χ3n) is 3.54. The van der Waals surface area contributed by atoms with Crippen molar-refractivity contribution in [2.75, 3.05) is 20.2 Å². The first kappa shape index (κ1) is 13.6. The molecule has 0 amide bonds. The van der Waals surface area contributed by atoms with E-state index in [1.54, 1.807) is 12.1 Å². The number of ether oxygens (including phenoxy) is 2. The fraction of sp³-hybridized carbons (Fsp3) is 0.235. The second kappa shape index (κ2) is 5.97. The van der Waals surface area contributed by atoms with Gasteiger partial charge in [-0.3, -0.25) is 0 Å². The number of nitrogens with one attached hydrogen (secondary N) is 1. The minimum Gasteiger partial charge on any atom is -0.488 e. The van der Waals surface area contributed by atoms with E-state index in [0.29, 0.717) is 5.56 Å². The molecule has 0 atom stereocenters. The van der Waals surface area contributed by atoms with Crippen LogP contribution in [0.1, 0.15) is 10.4 Å². The fourth-order valence-electron chi connectivity index (χ4n) is 2.18. The highest BCUT2D eigenvalue weighted by Gasteiger charge is 2.17. The Kier molecular flexibility index (Phi) is 3.88. The summed E-state index contributed by atoms with van der Waals surface area (Å²) in [6, 6.07) is 15.4. The van der Waals surface area contributed by atoms with Crippen molar-refractivity contribution in [1.29, 1.82) is 0 Å². The van der Waals surface area contributed by atoms with Crippen LogP contribution in [0.3, 0.4) is 0 Å². The third kappa shape index (κ3) is 3.06. The average Bonchev–Trinajstić information content (AvgIpc) is 2.51. The van der Waals surface area contributed by atoms with Crippen LogP contribution < -0.4 is 10.1 Å². The Morgan fingerprint density at radius 1 is 1.00 bits per heavy atom. The smallest absolute Gasteiger partial charge is 0.337 e. The molecule has 0 unspecified atom stereocenters. The molecular weight excluding hydrogens is 266 g/mol. The number of carbonyl (C=O) groups excluding carboxylic acids is 1. The summed E-state index contributed by atoms with van der Waals surface area (Å²) >= 11 is 0. The van der Waals surface area contributed by atoms with Gasteiger partial charge in [0.15, 0.2) is 0 Å². The topological polar surface area (TPSA) is 47.6 Å². The Hall–Kier alpha value is -2.33. The van der Waals surface area contributed by atoms with Crippen LogP contribution in [-0.2, 0) is 4.74 Å². The summed E-state index contributed by atoms with van der Waals surface area (Å²) in [5.41, 5.74) is 2.70. The number of hydrogen-bond acceptors (Lipinski definition) is 4. The van der Waals surface area contributed by atoms with E-state index in [2.05, 4.69) is 5.32 Å². The SMILES string of the molecule is COC(=O)c1ccc(-c2ccc(OC3CNC3)cc2)cc1. The second-order valence-corrected chi connectivity index (χ2v) is 4.99. The molecule has 4 nitrogen and oxygen atoms in total. The molecule has 1 fully saturated rings. The normalized spacial score (nSPS) is 14.3. The van der Waals surface area contributed by atoms with Gasteiger partial charge >= 0.3 is 5.97 Å². The van der Waals surface area contributed by atoms with E-state index in [0.717, 1.165) is 30.0 Å². The Morgan fingerprint density at radius 2 is 1.57 bits per heavy atom. The first-order valence-electron chi connectivity index (χ1n) is 6.92. The Bertz CT molecular complexity index is 615. The van der Waals surface area contributed by atoms with Crippen LogP contribution in [0, 0.1) is 0 Å². The molecule has 1 N–H and O–H groups in total. The van der Waals surface area contributed by atoms with E-state index in [4.69, 9.17) is 9.47 Å². The monoisotopic (exact) mass is 283 g/mol. The van der Waals surface area contributed by atoms with E-state index in [9.17, 15) is 4.79 Å². The molecule has 0 spiro atoms. The van der Waals surface area contributed by atoms with Gasteiger partial charge in [-0.15, -0.1) is 0 Å². The largest absolute Gasteiger partial charge is 0.488 e. The molecule has 1 heterocycles. The van der Waals surface area contributed by atoms with Gasteiger partial charge in [-0.25, -0.2) is 4.79 Å². The molecule has 2 aromatic carbocycles. The second-order valence-electron chi connectivity index (χ2n) is 4.99. The summed E-state index contributed by atoms with van der Waals surface area (Å²) in [5.74, 6) is 0.566. The van der Waals surface area contributed by atoms with E-state index in [1.165, 1.54) is 7.11 Å². The van der Waals surface area contributed by atoms with Crippen molar-refractivity contribution in [2.24, 2.45) is 0 Å². The molecule has 0 aliphatic carbocycles. The van der Waals surface area contributed by atoms with Gasteiger partial charge in [-0.2, -0.15) is 0 Å². The number of esters is 1. The van der Waals surface area contributed by atoms with Crippen molar-refractivity contribution < 1.29 is 14.3 Å². The highest BCUT2D eigenvalue weighted by atomic mass is 16.5. The molecule has 1 aliphatic rings. The molecule has 3 rings (SSSR count). The van der Waals surface area contributed by atoms with Crippen LogP contribution in [0.2, 0.25) is 0 Å². The molecule has 108 valence electrons. The molecule has 2 aromatic rings. The summed E-state index contributed by atoms with van der Waals surface area (Å²) in [7, 11) is 1.38. The van der Waals surface area contributed by atoms with E-state index in [-0.39, 0.29) is 12.1 Å². The van der Waals surface area contributed by atoms with Gasteiger partial charge in [-0.05, 0) is 35.4 Å². The van der Waals surface area contributed by atoms with Gasteiger partial charge in [0.05, 0.1) is 12.7 Å². The van der Waals surface area contributed by atoms with Crippen LogP contribution in [0.15, 0.2) is 48.5 Å². The van der Waals surface area contributed by atoms with Gasteiger partial charge in [0, 0.05) is 13.1 Å². The molecular formula is C17H17NO3. The van der Waals surface area contributed by atoms with E-state index >= 15 is 0 Å².